The molecule has 0 fully saturated rings. The van der Waals surface area contributed by atoms with Gasteiger partial charge in [0.05, 0.1) is 29.8 Å². The molecule has 0 spiro atoms. The molecule has 0 unspecified atom stereocenters. The van der Waals surface area contributed by atoms with Crippen LogP contribution in [0.3, 0.4) is 0 Å². The lowest BCUT2D eigenvalue weighted by atomic mass is 10.1. The van der Waals surface area contributed by atoms with Crippen molar-refractivity contribution < 1.29 is 14.1 Å². The van der Waals surface area contributed by atoms with E-state index in [1.54, 1.807) is 17.7 Å². The molecule has 0 saturated heterocycles. The van der Waals surface area contributed by atoms with Crippen molar-refractivity contribution in [3.63, 3.8) is 0 Å². The van der Waals surface area contributed by atoms with Crippen LogP contribution < -0.4 is 9.99 Å². The zero-order valence-electron chi connectivity index (χ0n) is 17.8. The Bertz CT molecular complexity index is 1200. The van der Waals surface area contributed by atoms with Crippen LogP contribution in [0.25, 0.3) is 16.9 Å². The second-order valence-corrected chi connectivity index (χ2v) is 7.02. The lowest BCUT2D eigenvalue weighted by molar-refractivity contribution is -0.685. The lowest BCUT2D eigenvalue weighted by Crippen LogP contribution is -2.38. The van der Waals surface area contributed by atoms with Gasteiger partial charge in [0, 0.05) is 17.8 Å². The van der Waals surface area contributed by atoms with Gasteiger partial charge in [-0.15, -0.1) is 0 Å². The van der Waals surface area contributed by atoms with E-state index in [4.69, 9.17) is 9.84 Å². The van der Waals surface area contributed by atoms with Crippen LogP contribution >= 0.6 is 0 Å². The third-order valence-electron chi connectivity index (χ3n) is 4.68. The summed E-state index contributed by atoms with van der Waals surface area (Å²) in [6.07, 6.45) is 7.40. The van der Waals surface area contributed by atoms with Crippen molar-refractivity contribution in [2.24, 2.45) is 5.10 Å². The van der Waals surface area contributed by atoms with Crippen molar-refractivity contribution in [1.82, 2.24) is 9.78 Å². The fraction of sp³-hybridized carbons (Fsp3) is 0.120. The van der Waals surface area contributed by atoms with E-state index < -0.39 is 0 Å². The minimum absolute atomic E-state index is 0.139. The molecule has 4 rings (SSSR count). The highest BCUT2D eigenvalue weighted by atomic mass is 16.5. The van der Waals surface area contributed by atoms with Crippen LogP contribution in [0.1, 0.15) is 12.5 Å². The number of pyridine rings is 1. The summed E-state index contributed by atoms with van der Waals surface area (Å²) in [6.45, 7) is 2.29. The van der Waals surface area contributed by atoms with Gasteiger partial charge in [0.15, 0.2) is 12.4 Å². The van der Waals surface area contributed by atoms with Gasteiger partial charge >= 0.3 is 5.97 Å². The molecule has 2 heterocycles. The highest BCUT2D eigenvalue weighted by Crippen LogP contribution is 2.21. The molecule has 0 aliphatic carbocycles. The summed E-state index contributed by atoms with van der Waals surface area (Å²) in [6, 6.07) is 23.5. The Morgan fingerprint density at radius 1 is 1.09 bits per heavy atom. The van der Waals surface area contributed by atoms with Gasteiger partial charge in [0.1, 0.15) is 5.69 Å². The summed E-state index contributed by atoms with van der Waals surface area (Å²) in [4.78, 5) is 11.9. The molecule has 0 aliphatic heterocycles. The minimum Gasteiger partial charge on any atom is -0.461 e. The average Bonchev–Trinajstić information content (AvgIpc) is 3.25. The quantitative estimate of drug-likeness (QED) is 0.201. The third kappa shape index (κ3) is 5.26. The molecule has 0 amide bonds. The molecule has 7 nitrogen and oxygen atoms in total. The number of rotatable bonds is 8. The molecular formula is C25H24N5O2+. The number of hydrogen-bond donors (Lipinski definition) is 1. The Kier molecular flexibility index (Phi) is 6.67. The predicted octanol–water partition coefficient (Wildman–Crippen LogP) is 3.84. The molecule has 7 heteroatoms. The van der Waals surface area contributed by atoms with Gasteiger partial charge in [-0.05, 0) is 37.3 Å². The van der Waals surface area contributed by atoms with E-state index >= 15 is 0 Å². The summed E-state index contributed by atoms with van der Waals surface area (Å²) in [5.41, 5.74) is 7.34. The van der Waals surface area contributed by atoms with E-state index in [9.17, 15) is 4.79 Å². The molecule has 2 aromatic carbocycles. The lowest BCUT2D eigenvalue weighted by Gasteiger charge is -2.02. The topological polar surface area (TPSA) is 72.4 Å². The summed E-state index contributed by atoms with van der Waals surface area (Å²) < 4.78 is 8.67. The van der Waals surface area contributed by atoms with Crippen LogP contribution in [-0.4, -0.2) is 28.6 Å². The first-order chi connectivity index (χ1) is 15.7. The first kappa shape index (κ1) is 21.0. The largest absolute Gasteiger partial charge is 0.461 e. The van der Waals surface area contributed by atoms with E-state index in [0.717, 1.165) is 28.2 Å². The molecule has 0 atom stereocenters. The summed E-state index contributed by atoms with van der Waals surface area (Å²) in [7, 11) is 0. The minimum atomic E-state index is -0.279. The second-order valence-electron chi connectivity index (χ2n) is 7.02. The van der Waals surface area contributed by atoms with Crippen LogP contribution in [0, 0.1) is 0 Å². The molecule has 2 aromatic heterocycles. The fourth-order valence-electron chi connectivity index (χ4n) is 3.22. The van der Waals surface area contributed by atoms with Gasteiger partial charge in [0.2, 0.25) is 6.54 Å². The van der Waals surface area contributed by atoms with Crippen molar-refractivity contribution in [2.75, 3.05) is 12.0 Å². The number of benzene rings is 2. The molecular weight excluding hydrogens is 402 g/mol. The van der Waals surface area contributed by atoms with Gasteiger partial charge < -0.3 is 4.74 Å². The first-order valence-electron chi connectivity index (χ1n) is 10.4. The number of ether oxygens (including phenoxy) is 1. The summed E-state index contributed by atoms with van der Waals surface area (Å²) >= 11 is 0. The second kappa shape index (κ2) is 10.2. The molecule has 1 N–H and O–H groups in total. The van der Waals surface area contributed by atoms with E-state index in [1.807, 2.05) is 96.1 Å². The van der Waals surface area contributed by atoms with E-state index in [0.29, 0.717) is 6.61 Å². The maximum absolute atomic E-state index is 11.9. The van der Waals surface area contributed by atoms with Crippen molar-refractivity contribution in [1.29, 1.82) is 0 Å². The molecule has 0 aliphatic rings. The van der Waals surface area contributed by atoms with Crippen molar-refractivity contribution in [3.8, 4) is 16.9 Å². The van der Waals surface area contributed by atoms with Gasteiger partial charge in [0.25, 0.3) is 0 Å². The van der Waals surface area contributed by atoms with E-state index in [-0.39, 0.29) is 12.5 Å². The predicted molar refractivity (Wildman–Crippen MR) is 123 cm³/mol. The number of carbonyl (C=O) groups excluding carboxylic acids is 1. The third-order valence-corrected chi connectivity index (χ3v) is 4.68. The standard InChI is InChI=1S/C25H24N5O2/c1-2-32-24(31)19-29-15-9-10-20(17-29)25-21(16-26-27-22-11-5-3-6-12-22)18-30(28-25)23-13-7-4-8-14-23/h3-18,27H,2,19H2,1H3/q+1/b26-16-. The highest BCUT2D eigenvalue weighted by molar-refractivity contribution is 5.89. The number of nitrogens with one attached hydrogen (secondary N) is 1. The van der Waals surface area contributed by atoms with Crippen LogP contribution in [-0.2, 0) is 16.1 Å². The zero-order chi connectivity index (χ0) is 22.2. The normalized spacial score (nSPS) is 10.9. The van der Waals surface area contributed by atoms with Crippen molar-refractivity contribution >= 4 is 17.9 Å². The smallest absolute Gasteiger partial charge is 0.372 e. The van der Waals surface area contributed by atoms with Gasteiger partial charge in [-0.2, -0.15) is 14.8 Å². The Balaban J connectivity index is 1.67. The van der Waals surface area contributed by atoms with Crippen LogP contribution in [0.4, 0.5) is 5.69 Å². The van der Waals surface area contributed by atoms with Crippen molar-refractivity contribution in [2.45, 2.75) is 13.5 Å². The fourth-order valence-corrected chi connectivity index (χ4v) is 3.22. The Morgan fingerprint density at radius 3 is 2.59 bits per heavy atom. The van der Waals surface area contributed by atoms with E-state index in [2.05, 4.69) is 10.5 Å². The first-order valence-corrected chi connectivity index (χ1v) is 10.4. The Morgan fingerprint density at radius 2 is 1.84 bits per heavy atom. The molecule has 32 heavy (non-hydrogen) atoms. The number of esters is 1. The van der Waals surface area contributed by atoms with E-state index in [1.165, 1.54) is 0 Å². The molecule has 4 aromatic rings. The summed E-state index contributed by atoms with van der Waals surface area (Å²) in [5, 5.41) is 9.19. The maximum Gasteiger partial charge on any atom is 0.372 e. The number of hydrazone groups is 1. The van der Waals surface area contributed by atoms with Crippen LogP contribution in [0.2, 0.25) is 0 Å². The Hall–Kier alpha value is -4.26. The Labute approximate surface area is 186 Å². The number of hydrogen-bond acceptors (Lipinski definition) is 5. The van der Waals surface area contributed by atoms with Crippen LogP contribution in [0.5, 0.6) is 0 Å². The SMILES string of the molecule is CCOC(=O)C[n+]1cccc(-c2nn(-c3ccccc3)cc2/C=N\Nc2ccccc2)c1. The summed E-state index contributed by atoms with van der Waals surface area (Å²) in [5.74, 6) is -0.279. The van der Waals surface area contributed by atoms with Gasteiger partial charge in [-0.3, -0.25) is 5.43 Å². The molecule has 160 valence electrons. The average molecular weight is 427 g/mol. The van der Waals surface area contributed by atoms with Gasteiger partial charge in [-0.1, -0.05) is 36.4 Å². The monoisotopic (exact) mass is 426 g/mol. The molecule has 0 saturated carbocycles. The highest BCUT2D eigenvalue weighted by Gasteiger charge is 2.16. The van der Waals surface area contributed by atoms with Gasteiger partial charge in [-0.25, -0.2) is 9.48 Å². The number of aromatic nitrogens is 3. The van der Waals surface area contributed by atoms with Crippen LogP contribution in [0.15, 0.2) is 96.5 Å². The number of nitrogens with zero attached hydrogens (tertiary/aromatic N) is 4. The number of anilines is 1. The number of para-hydroxylation sites is 2. The molecule has 0 bridgehead atoms. The zero-order valence-corrected chi connectivity index (χ0v) is 17.8. The number of carbonyl (C=O) groups is 1. The van der Waals surface area contributed by atoms with Crippen molar-refractivity contribution in [3.05, 3.63) is 97.0 Å². The molecule has 0 radical (unpaired) electrons. The maximum atomic E-state index is 11.9.